The van der Waals surface area contributed by atoms with Crippen LogP contribution >= 0.6 is 0 Å². The van der Waals surface area contributed by atoms with E-state index in [-0.39, 0.29) is 24.2 Å². The van der Waals surface area contributed by atoms with Crippen molar-refractivity contribution in [3.8, 4) is 11.5 Å². The fourth-order valence-corrected chi connectivity index (χ4v) is 3.98. The van der Waals surface area contributed by atoms with E-state index >= 15 is 0 Å². The zero-order valence-electron chi connectivity index (χ0n) is 16.7. The molecule has 0 bridgehead atoms. The molecule has 1 aromatic heterocycles. The standard InChI is InChI=1S/C23H25FN2O3/c1-14-18(19-11-15(24)7-9-20(19)25-14)13-23(27)26-16-8-10-21(28-2)22(12-16)29-17-5-3-4-6-17/h7-12,17,25H,3-6,13H2,1-2H3,(H,26,27). The molecule has 152 valence electrons. The summed E-state index contributed by atoms with van der Waals surface area (Å²) in [5.41, 5.74) is 3.13. The molecule has 0 spiro atoms. The van der Waals surface area contributed by atoms with Crippen LogP contribution in [0.25, 0.3) is 10.9 Å². The monoisotopic (exact) mass is 396 g/mol. The first-order valence-electron chi connectivity index (χ1n) is 9.94. The summed E-state index contributed by atoms with van der Waals surface area (Å²) in [6.07, 6.45) is 4.77. The van der Waals surface area contributed by atoms with E-state index in [9.17, 15) is 9.18 Å². The number of halogens is 1. The van der Waals surface area contributed by atoms with Crippen LogP contribution in [0, 0.1) is 12.7 Å². The van der Waals surface area contributed by atoms with Crippen molar-refractivity contribution in [3.05, 3.63) is 53.5 Å². The lowest BCUT2D eigenvalue weighted by atomic mass is 10.1. The minimum atomic E-state index is -0.318. The number of ether oxygens (including phenoxy) is 2. The Bertz CT molecular complexity index is 1040. The second-order valence-electron chi connectivity index (χ2n) is 7.53. The van der Waals surface area contributed by atoms with Crippen LogP contribution in [-0.2, 0) is 11.2 Å². The smallest absolute Gasteiger partial charge is 0.228 e. The zero-order chi connectivity index (χ0) is 20.4. The number of benzene rings is 2. The number of hydrogen-bond donors (Lipinski definition) is 2. The molecule has 1 aliphatic rings. The van der Waals surface area contributed by atoms with Gasteiger partial charge in [0.2, 0.25) is 5.91 Å². The van der Waals surface area contributed by atoms with Gasteiger partial charge >= 0.3 is 0 Å². The summed E-state index contributed by atoms with van der Waals surface area (Å²) >= 11 is 0. The number of methoxy groups -OCH3 is 1. The highest BCUT2D eigenvalue weighted by molar-refractivity contribution is 5.96. The second-order valence-corrected chi connectivity index (χ2v) is 7.53. The molecule has 1 aliphatic carbocycles. The van der Waals surface area contributed by atoms with E-state index in [1.807, 2.05) is 6.92 Å². The van der Waals surface area contributed by atoms with Crippen LogP contribution < -0.4 is 14.8 Å². The van der Waals surface area contributed by atoms with Gasteiger partial charge in [-0.05, 0) is 68.5 Å². The van der Waals surface area contributed by atoms with E-state index in [4.69, 9.17) is 9.47 Å². The van der Waals surface area contributed by atoms with Gasteiger partial charge in [0.1, 0.15) is 5.82 Å². The van der Waals surface area contributed by atoms with Gasteiger partial charge in [-0.15, -0.1) is 0 Å². The van der Waals surface area contributed by atoms with E-state index in [1.54, 1.807) is 31.4 Å². The Kier molecular flexibility index (Phi) is 5.43. The van der Waals surface area contributed by atoms with Crippen molar-refractivity contribution in [2.24, 2.45) is 0 Å². The summed E-state index contributed by atoms with van der Waals surface area (Å²) in [4.78, 5) is 15.9. The molecular formula is C23H25FN2O3. The second kappa shape index (κ2) is 8.15. The fraction of sp³-hybridized carbons (Fsp3) is 0.348. The quantitative estimate of drug-likeness (QED) is 0.607. The number of carbonyl (C=O) groups is 1. The summed E-state index contributed by atoms with van der Waals surface area (Å²) in [6, 6.07) is 9.95. The number of hydrogen-bond acceptors (Lipinski definition) is 3. The molecular weight excluding hydrogens is 371 g/mol. The number of nitrogens with one attached hydrogen (secondary N) is 2. The predicted molar refractivity (Wildman–Crippen MR) is 111 cm³/mol. The normalized spacial score (nSPS) is 14.3. The molecule has 1 fully saturated rings. The Morgan fingerprint density at radius 2 is 1.97 bits per heavy atom. The Morgan fingerprint density at radius 3 is 2.72 bits per heavy atom. The van der Waals surface area contributed by atoms with Crippen molar-refractivity contribution in [3.63, 3.8) is 0 Å². The highest BCUT2D eigenvalue weighted by atomic mass is 19.1. The molecule has 0 saturated heterocycles. The number of fused-ring (bicyclic) bond motifs is 1. The van der Waals surface area contributed by atoms with Crippen molar-refractivity contribution in [1.29, 1.82) is 0 Å². The maximum atomic E-state index is 13.7. The van der Waals surface area contributed by atoms with Crippen molar-refractivity contribution in [2.45, 2.75) is 45.1 Å². The molecule has 2 N–H and O–H groups in total. The fourth-order valence-electron chi connectivity index (χ4n) is 3.98. The number of H-pyrrole nitrogens is 1. The predicted octanol–water partition coefficient (Wildman–Crippen LogP) is 5.13. The van der Waals surface area contributed by atoms with Gasteiger partial charge < -0.3 is 19.8 Å². The molecule has 2 aromatic carbocycles. The van der Waals surface area contributed by atoms with Gasteiger partial charge in [-0.25, -0.2) is 4.39 Å². The van der Waals surface area contributed by atoms with E-state index in [0.29, 0.717) is 17.2 Å². The summed E-state index contributed by atoms with van der Waals surface area (Å²) in [5.74, 6) is 0.803. The SMILES string of the molecule is COc1ccc(NC(=O)Cc2c(C)[nH]c3ccc(F)cc23)cc1OC1CCCC1. The lowest BCUT2D eigenvalue weighted by Gasteiger charge is -2.17. The van der Waals surface area contributed by atoms with Crippen LogP contribution in [-0.4, -0.2) is 24.1 Å². The third-order valence-electron chi connectivity index (χ3n) is 5.46. The van der Waals surface area contributed by atoms with Gasteiger partial charge in [-0.2, -0.15) is 0 Å². The third kappa shape index (κ3) is 4.21. The van der Waals surface area contributed by atoms with Crippen molar-refractivity contribution in [1.82, 2.24) is 4.98 Å². The highest BCUT2D eigenvalue weighted by Gasteiger charge is 2.19. The minimum Gasteiger partial charge on any atom is -0.493 e. The van der Waals surface area contributed by atoms with Crippen LogP contribution in [0.1, 0.15) is 36.9 Å². The third-order valence-corrected chi connectivity index (χ3v) is 5.46. The van der Waals surface area contributed by atoms with Crippen molar-refractivity contribution in [2.75, 3.05) is 12.4 Å². The number of anilines is 1. The summed E-state index contributed by atoms with van der Waals surface area (Å²) < 4.78 is 25.1. The van der Waals surface area contributed by atoms with Crippen LogP contribution in [0.4, 0.5) is 10.1 Å². The summed E-state index contributed by atoms with van der Waals surface area (Å²) in [7, 11) is 1.61. The highest BCUT2D eigenvalue weighted by Crippen LogP contribution is 2.34. The van der Waals surface area contributed by atoms with Gasteiger partial charge in [-0.1, -0.05) is 0 Å². The summed E-state index contributed by atoms with van der Waals surface area (Å²) in [5, 5.41) is 3.66. The first kappa shape index (κ1) is 19.3. The van der Waals surface area contributed by atoms with Gasteiger partial charge in [0, 0.05) is 28.4 Å². The maximum Gasteiger partial charge on any atom is 0.228 e. The maximum absolute atomic E-state index is 13.7. The molecule has 6 heteroatoms. The molecule has 0 unspecified atom stereocenters. The number of aryl methyl sites for hydroxylation is 1. The average Bonchev–Trinajstić information content (AvgIpc) is 3.30. The Morgan fingerprint density at radius 1 is 1.17 bits per heavy atom. The molecule has 4 rings (SSSR count). The van der Waals surface area contributed by atoms with Gasteiger partial charge in [0.15, 0.2) is 11.5 Å². The molecule has 1 heterocycles. The first-order valence-corrected chi connectivity index (χ1v) is 9.94. The Balaban J connectivity index is 1.51. The van der Waals surface area contributed by atoms with Crippen LogP contribution in [0.15, 0.2) is 36.4 Å². The molecule has 0 atom stereocenters. The number of aromatic nitrogens is 1. The van der Waals surface area contributed by atoms with E-state index < -0.39 is 0 Å². The topological polar surface area (TPSA) is 63.3 Å². The number of aromatic amines is 1. The molecule has 3 aromatic rings. The molecule has 5 nitrogen and oxygen atoms in total. The number of rotatable bonds is 6. The molecule has 1 amide bonds. The molecule has 29 heavy (non-hydrogen) atoms. The van der Waals surface area contributed by atoms with Gasteiger partial charge in [-0.3, -0.25) is 4.79 Å². The van der Waals surface area contributed by atoms with Gasteiger partial charge in [0.05, 0.1) is 19.6 Å². The number of amides is 1. The largest absolute Gasteiger partial charge is 0.493 e. The van der Waals surface area contributed by atoms with Gasteiger partial charge in [0.25, 0.3) is 0 Å². The van der Waals surface area contributed by atoms with E-state index in [2.05, 4.69) is 10.3 Å². The molecule has 0 radical (unpaired) electrons. The Hall–Kier alpha value is -3.02. The van der Waals surface area contributed by atoms with Crippen LogP contribution in [0.3, 0.4) is 0 Å². The lowest BCUT2D eigenvalue weighted by Crippen LogP contribution is -2.16. The molecule has 1 saturated carbocycles. The summed E-state index contributed by atoms with van der Waals surface area (Å²) in [6.45, 7) is 1.89. The minimum absolute atomic E-state index is 0.153. The van der Waals surface area contributed by atoms with E-state index in [0.717, 1.165) is 35.0 Å². The van der Waals surface area contributed by atoms with E-state index in [1.165, 1.54) is 25.0 Å². The van der Waals surface area contributed by atoms with Crippen molar-refractivity contribution >= 4 is 22.5 Å². The van der Waals surface area contributed by atoms with Crippen molar-refractivity contribution < 1.29 is 18.7 Å². The number of carbonyl (C=O) groups excluding carboxylic acids is 1. The zero-order valence-corrected chi connectivity index (χ0v) is 16.7. The average molecular weight is 396 g/mol. The van der Waals surface area contributed by atoms with Crippen LogP contribution in [0.5, 0.6) is 11.5 Å². The lowest BCUT2D eigenvalue weighted by molar-refractivity contribution is -0.115. The van der Waals surface area contributed by atoms with Crippen LogP contribution in [0.2, 0.25) is 0 Å². The molecule has 0 aliphatic heterocycles. The first-order chi connectivity index (χ1) is 14.0. The Labute approximate surface area is 169 Å².